The van der Waals surface area contributed by atoms with Gasteiger partial charge in [-0.3, -0.25) is 0 Å². The summed E-state index contributed by atoms with van der Waals surface area (Å²) < 4.78 is 64.1. The van der Waals surface area contributed by atoms with Crippen molar-refractivity contribution in [3.8, 4) is 0 Å². The summed E-state index contributed by atoms with van der Waals surface area (Å²) in [5.41, 5.74) is 15.1. The Kier molecular flexibility index (Phi) is 11.3. The molecule has 0 nitrogen and oxygen atoms in total. The Hall–Kier alpha value is -4.57. The molecule has 0 N–H and O–H groups in total. The number of hydrogen-bond acceptors (Lipinski definition) is 0. The third kappa shape index (κ3) is 7.49. The highest BCUT2D eigenvalue weighted by Crippen LogP contribution is 2.27. The lowest BCUT2D eigenvalue weighted by atomic mass is 9.37. The van der Waals surface area contributed by atoms with E-state index in [0.29, 0.717) is 0 Å². The van der Waals surface area contributed by atoms with Crippen LogP contribution in [0.25, 0.3) is 12.2 Å². The highest BCUT2D eigenvalue weighted by Gasteiger charge is 2.29. The molecule has 0 atom stereocenters. The maximum atomic E-state index is 16.0. The van der Waals surface area contributed by atoms with Gasteiger partial charge in [-0.05, 0) is 83.1 Å². The van der Waals surface area contributed by atoms with Gasteiger partial charge in [-0.25, -0.2) is 17.6 Å². The van der Waals surface area contributed by atoms with Crippen LogP contribution in [0.1, 0.15) is 77.9 Å². The molecule has 0 aliphatic heterocycles. The van der Waals surface area contributed by atoms with Gasteiger partial charge < -0.3 is 0 Å². The Morgan fingerprint density at radius 2 is 0.500 bits per heavy atom. The molecule has 0 aliphatic rings. The van der Waals surface area contributed by atoms with Crippen molar-refractivity contribution in [2.24, 2.45) is 0 Å². The van der Waals surface area contributed by atoms with E-state index < -0.39 is 47.8 Å². The molecule has 266 valence electrons. The van der Waals surface area contributed by atoms with Crippen LogP contribution in [0.5, 0.6) is 0 Å². The first-order valence-corrected chi connectivity index (χ1v) is 17.9. The van der Waals surface area contributed by atoms with Crippen LogP contribution in [-0.2, 0) is 0 Å². The zero-order valence-corrected chi connectivity index (χ0v) is 32.6. The van der Waals surface area contributed by atoms with Gasteiger partial charge in [0.15, 0.2) is 23.3 Å². The van der Waals surface area contributed by atoms with E-state index in [1.165, 1.54) is 12.2 Å². The molecule has 0 amide bonds. The van der Waals surface area contributed by atoms with E-state index in [1.807, 2.05) is 83.1 Å². The molecule has 5 aromatic rings. The molecule has 0 fully saturated rings. The molecule has 0 aromatic heterocycles. The highest BCUT2D eigenvalue weighted by molar-refractivity contribution is 6.91. The molecule has 0 spiro atoms. The molecule has 0 aliphatic carbocycles. The van der Waals surface area contributed by atoms with Crippen molar-refractivity contribution in [3.63, 3.8) is 0 Å². The first-order chi connectivity index (χ1) is 24.4. The average molecular weight is 699 g/mol. The standard InChI is InChI=1S/C46H48B2F4/c1-25-17-29(5)39(30(6)18-25)47(40-31(7)19-26(2)20-32(40)8)15-13-37-43(49)45(51)38(46(52)44(37)50)14-16-48(41-33(9)21-27(3)22-34(41)10)42-35(11)23-28(4)24-36(42)12/h13-24H,1-12H3/b15-13+,16-14+. The smallest absolute Gasteiger partial charge is 0.203 e. The highest BCUT2D eigenvalue weighted by atomic mass is 19.2. The Morgan fingerprint density at radius 1 is 0.327 bits per heavy atom. The van der Waals surface area contributed by atoms with Crippen LogP contribution >= 0.6 is 0 Å². The molecule has 52 heavy (non-hydrogen) atoms. The average Bonchev–Trinajstić information content (AvgIpc) is 3.01. The van der Waals surface area contributed by atoms with Gasteiger partial charge in [0.25, 0.3) is 0 Å². The lowest BCUT2D eigenvalue weighted by Crippen LogP contribution is -2.46. The molecule has 5 rings (SSSR count). The number of aryl methyl sites for hydroxylation is 12. The zero-order chi connectivity index (χ0) is 38.3. The molecule has 6 heteroatoms. The molecule has 0 unspecified atom stereocenters. The van der Waals surface area contributed by atoms with Gasteiger partial charge in [0.05, 0.1) is 11.1 Å². The van der Waals surface area contributed by atoms with Crippen LogP contribution in [0.3, 0.4) is 0 Å². The van der Waals surface area contributed by atoms with E-state index in [-0.39, 0.29) is 0 Å². The minimum atomic E-state index is -1.43. The van der Waals surface area contributed by atoms with Crippen molar-refractivity contribution in [3.05, 3.63) is 162 Å². The summed E-state index contributed by atoms with van der Waals surface area (Å²) in [6, 6.07) is 16.6. The fraction of sp³-hybridized carbons (Fsp3) is 0.261. The Bertz CT molecular complexity index is 1880. The van der Waals surface area contributed by atoms with Gasteiger partial charge in [0.1, 0.15) is 0 Å². The van der Waals surface area contributed by atoms with E-state index in [0.717, 1.165) is 88.6 Å². The molecule has 0 saturated heterocycles. The molecule has 0 radical (unpaired) electrons. The van der Waals surface area contributed by atoms with Crippen LogP contribution in [0.15, 0.2) is 60.5 Å². The van der Waals surface area contributed by atoms with Crippen LogP contribution in [0.4, 0.5) is 17.6 Å². The van der Waals surface area contributed by atoms with Crippen molar-refractivity contribution >= 4 is 47.4 Å². The first kappa shape index (κ1) is 38.7. The fourth-order valence-electron chi connectivity index (χ4n) is 8.74. The van der Waals surface area contributed by atoms with Crippen molar-refractivity contribution < 1.29 is 17.6 Å². The van der Waals surface area contributed by atoms with E-state index in [1.54, 1.807) is 12.0 Å². The largest absolute Gasteiger partial charge is 0.235 e. The lowest BCUT2D eigenvalue weighted by Gasteiger charge is -2.22. The minimum Gasteiger partial charge on any atom is -0.203 e. The van der Waals surface area contributed by atoms with Crippen LogP contribution in [-0.4, -0.2) is 13.4 Å². The van der Waals surface area contributed by atoms with E-state index in [4.69, 9.17) is 0 Å². The molecule has 0 bridgehead atoms. The quantitative estimate of drug-likeness (QED) is 0.0861. The third-order valence-corrected chi connectivity index (χ3v) is 10.4. The molecule has 0 heterocycles. The summed E-state index contributed by atoms with van der Waals surface area (Å²) in [5.74, 6) is -2.36. The van der Waals surface area contributed by atoms with E-state index >= 15 is 17.6 Å². The molecule has 5 aromatic carbocycles. The topological polar surface area (TPSA) is 0 Å². The van der Waals surface area contributed by atoms with Crippen molar-refractivity contribution in [2.75, 3.05) is 0 Å². The van der Waals surface area contributed by atoms with E-state index in [9.17, 15) is 0 Å². The monoisotopic (exact) mass is 698 g/mol. The summed E-state index contributed by atoms with van der Waals surface area (Å²) in [5, 5.41) is 0. The van der Waals surface area contributed by atoms with Gasteiger partial charge in [-0.2, -0.15) is 0 Å². The van der Waals surface area contributed by atoms with Gasteiger partial charge >= 0.3 is 0 Å². The number of hydrogen-bond donors (Lipinski definition) is 0. The second kappa shape index (κ2) is 15.2. The van der Waals surface area contributed by atoms with Gasteiger partial charge in [-0.15, -0.1) is 12.0 Å². The minimum absolute atomic E-state index is 0.409. The predicted octanol–water partition coefficient (Wildman–Crippen LogP) is 9.67. The normalized spacial score (nSPS) is 11.7. The first-order valence-electron chi connectivity index (χ1n) is 17.9. The Morgan fingerprint density at radius 3 is 0.673 bits per heavy atom. The molecular weight excluding hydrogens is 650 g/mol. The SMILES string of the molecule is Cc1cc(C)c(B(/C=C/c2c(F)c(F)c(/C=C/B(c3c(C)cc(C)cc3C)c3c(C)cc(C)cc3C)c(F)c2F)c2c(C)cc(C)cc2C)c(C)c1. The summed E-state index contributed by atoms with van der Waals surface area (Å²) >= 11 is 0. The van der Waals surface area contributed by atoms with Crippen LogP contribution in [0.2, 0.25) is 0 Å². The third-order valence-electron chi connectivity index (χ3n) is 10.4. The summed E-state index contributed by atoms with van der Waals surface area (Å²) in [6.45, 7) is 23.4. The van der Waals surface area contributed by atoms with E-state index in [2.05, 4.69) is 48.5 Å². The number of halogens is 4. The predicted molar refractivity (Wildman–Crippen MR) is 217 cm³/mol. The Balaban J connectivity index is 1.67. The van der Waals surface area contributed by atoms with Gasteiger partial charge in [0, 0.05) is 0 Å². The second-order valence-electron chi connectivity index (χ2n) is 15.0. The molecular formula is C46H48B2F4. The van der Waals surface area contributed by atoms with Gasteiger partial charge in [0.2, 0.25) is 13.4 Å². The lowest BCUT2D eigenvalue weighted by molar-refractivity contribution is 0.448. The maximum absolute atomic E-state index is 16.0. The summed E-state index contributed by atoms with van der Waals surface area (Å²) in [4.78, 5) is 0. The number of benzene rings is 5. The van der Waals surface area contributed by atoms with Crippen LogP contribution in [0, 0.1) is 106 Å². The van der Waals surface area contributed by atoms with Gasteiger partial charge in [-0.1, -0.05) is 149 Å². The van der Waals surface area contributed by atoms with Crippen molar-refractivity contribution in [2.45, 2.75) is 83.1 Å². The summed E-state index contributed by atoms with van der Waals surface area (Å²) in [6.07, 6.45) is 2.40. The zero-order valence-electron chi connectivity index (χ0n) is 32.6. The van der Waals surface area contributed by atoms with Crippen LogP contribution < -0.4 is 21.9 Å². The molecule has 0 saturated carbocycles. The van der Waals surface area contributed by atoms with Crippen molar-refractivity contribution in [1.82, 2.24) is 0 Å². The Labute approximate surface area is 308 Å². The van der Waals surface area contributed by atoms with Crippen molar-refractivity contribution in [1.29, 1.82) is 0 Å². The number of rotatable bonds is 8. The summed E-state index contributed by atoms with van der Waals surface area (Å²) in [7, 11) is 0. The fourth-order valence-corrected chi connectivity index (χ4v) is 8.74. The second-order valence-corrected chi connectivity index (χ2v) is 15.0. The maximum Gasteiger partial charge on any atom is 0.235 e.